The van der Waals surface area contributed by atoms with E-state index in [1.165, 1.54) is 0 Å². The van der Waals surface area contributed by atoms with Gasteiger partial charge in [0.2, 0.25) is 0 Å². The average Bonchev–Trinajstić information content (AvgIpc) is 2.75. The summed E-state index contributed by atoms with van der Waals surface area (Å²) in [7, 11) is 0. The molecule has 2 atom stereocenters. The third-order valence-corrected chi connectivity index (χ3v) is 3.04. The number of ether oxygens (including phenoxy) is 1. The first kappa shape index (κ1) is 12.9. The van der Waals surface area contributed by atoms with Crippen LogP contribution in [-0.4, -0.2) is 37.5 Å². The van der Waals surface area contributed by atoms with Crippen molar-refractivity contribution in [2.24, 2.45) is 0 Å². The van der Waals surface area contributed by atoms with Gasteiger partial charge in [-0.15, -0.1) is 6.32 Å². The first-order chi connectivity index (χ1) is 7.89. The molecule has 6 heteroatoms. The molecular formula is C11H21BNO4-. The summed E-state index contributed by atoms with van der Waals surface area (Å²) in [4.78, 5) is 11.7. The lowest BCUT2D eigenvalue weighted by Crippen LogP contribution is -2.47. The van der Waals surface area contributed by atoms with Gasteiger partial charge < -0.3 is 19.3 Å². The summed E-state index contributed by atoms with van der Waals surface area (Å²) in [6.07, 6.45) is 1.95. The SMILES string of the molecule is CC(C)(C)OC(=O)CC1CC[B-]2(NCCO2)O1. The second-order valence-electron chi connectivity index (χ2n) is 5.82. The van der Waals surface area contributed by atoms with Gasteiger partial charge in [-0.25, -0.2) is 0 Å². The second kappa shape index (κ2) is 4.59. The van der Waals surface area contributed by atoms with E-state index < -0.39 is 12.3 Å². The van der Waals surface area contributed by atoms with Crippen molar-refractivity contribution in [2.45, 2.75) is 51.6 Å². The molecule has 0 saturated carbocycles. The van der Waals surface area contributed by atoms with Crippen molar-refractivity contribution < 1.29 is 18.8 Å². The number of carbonyl (C=O) groups excluding carboxylic acids is 1. The minimum atomic E-state index is -1.30. The predicted octanol–water partition coefficient (Wildman–Crippen LogP) is 1.07. The number of carbonyl (C=O) groups is 1. The lowest BCUT2D eigenvalue weighted by atomic mass is 9.70. The van der Waals surface area contributed by atoms with E-state index in [0.717, 1.165) is 19.3 Å². The van der Waals surface area contributed by atoms with Crippen LogP contribution in [0.25, 0.3) is 0 Å². The number of rotatable bonds is 2. The van der Waals surface area contributed by atoms with E-state index in [2.05, 4.69) is 5.23 Å². The zero-order valence-electron chi connectivity index (χ0n) is 10.8. The van der Waals surface area contributed by atoms with Gasteiger partial charge in [0.15, 0.2) is 0 Å². The van der Waals surface area contributed by atoms with Crippen LogP contribution in [0.4, 0.5) is 0 Å². The molecule has 0 aromatic heterocycles. The Morgan fingerprint density at radius 1 is 1.53 bits per heavy atom. The Morgan fingerprint density at radius 2 is 2.29 bits per heavy atom. The summed E-state index contributed by atoms with van der Waals surface area (Å²) in [5, 5.41) is 3.25. The molecule has 1 N–H and O–H groups in total. The number of hydrogen-bond acceptors (Lipinski definition) is 5. The molecular weight excluding hydrogens is 221 g/mol. The summed E-state index contributed by atoms with van der Waals surface area (Å²) >= 11 is 0. The average molecular weight is 242 g/mol. The van der Waals surface area contributed by atoms with Gasteiger partial charge in [0.25, 0.3) is 0 Å². The molecule has 0 amide bonds. The van der Waals surface area contributed by atoms with Crippen molar-refractivity contribution >= 4 is 12.7 Å². The highest BCUT2D eigenvalue weighted by Crippen LogP contribution is 2.30. The maximum atomic E-state index is 11.7. The first-order valence-corrected chi connectivity index (χ1v) is 6.33. The smallest absolute Gasteiger partial charge is 0.315 e. The molecule has 1 spiro atoms. The highest BCUT2D eigenvalue weighted by molar-refractivity contribution is 6.66. The van der Waals surface area contributed by atoms with Gasteiger partial charge in [-0.1, -0.05) is 6.42 Å². The Kier molecular flexibility index (Phi) is 3.47. The van der Waals surface area contributed by atoms with E-state index in [9.17, 15) is 4.79 Å². The fourth-order valence-electron chi connectivity index (χ4n) is 2.43. The fourth-order valence-corrected chi connectivity index (χ4v) is 2.43. The molecule has 0 bridgehead atoms. The van der Waals surface area contributed by atoms with E-state index >= 15 is 0 Å². The first-order valence-electron chi connectivity index (χ1n) is 6.33. The van der Waals surface area contributed by atoms with Crippen LogP contribution < -0.4 is 5.23 Å². The van der Waals surface area contributed by atoms with Gasteiger partial charge in [-0.05, 0) is 27.3 Å². The Balaban J connectivity index is 1.79. The topological polar surface area (TPSA) is 56.8 Å². The van der Waals surface area contributed by atoms with Crippen LogP contribution in [0.2, 0.25) is 6.32 Å². The Morgan fingerprint density at radius 3 is 2.88 bits per heavy atom. The molecule has 98 valence electrons. The molecule has 2 heterocycles. The summed E-state index contributed by atoms with van der Waals surface area (Å²) in [5.74, 6) is -0.201. The minimum Gasteiger partial charge on any atom is -0.554 e. The van der Waals surface area contributed by atoms with Gasteiger partial charge in [0, 0.05) is 12.7 Å². The van der Waals surface area contributed by atoms with E-state index in [1.54, 1.807) is 0 Å². The summed E-state index contributed by atoms with van der Waals surface area (Å²) in [6, 6.07) is 0. The Labute approximate surface area is 102 Å². The molecule has 2 unspecified atom stereocenters. The summed E-state index contributed by atoms with van der Waals surface area (Å²) in [5.41, 5.74) is -0.430. The molecule has 0 aliphatic carbocycles. The normalized spacial score (nSPS) is 33.2. The quantitative estimate of drug-likeness (QED) is 0.579. The van der Waals surface area contributed by atoms with Crippen LogP contribution in [0.5, 0.6) is 0 Å². The van der Waals surface area contributed by atoms with Crippen LogP contribution in [0.15, 0.2) is 0 Å². The van der Waals surface area contributed by atoms with E-state index in [-0.39, 0.29) is 12.1 Å². The number of esters is 1. The van der Waals surface area contributed by atoms with Gasteiger partial charge in [0.05, 0.1) is 6.42 Å². The third-order valence-electron chi connectivity index (χ3n) is 3.04. The van der Waals surface area contributed by atoms with Gasteiger partial charge in [-0.2, -0.15) is 0 Å². The van der Waals surface area contributed by atoms with Crippen molar-refractivity contribution in [3.05, 3.63) is 0 Å². The maximum Gasteiger partial charge on any atom is 0.315 e. The molecule has 17 heavy (non-hydrogen) atoms. The zero-order valence-corrected chi connectivity index (χ0v) is 10.8. The molecule has 0 aromatic carbocycles. The molecule has 2 aliphatic heterocycles. The monoisotopic (exact) mass is 242 g/mol. The van der Waals surface area contributed by atoms with Crippen molar-refractivity contribution in [3.8, 4) is 0 Å². The highest BCUT2D eigenvalue weighted by atomic mass is 16.6. The number of hydrogen-bond donors (Lipinski definition) is 1. The maximum absolute atomic E-state index is 11.7. The largest absolute Gasteiger partial charge is 0.554 e. The van der Waals surface area contributed by atoms with Crippen molar-refractivity contribution in [1.82, 2.24) is 5.23 Å². The highest BCUT2D eigenvalue weighted by Gasteiger charge is 2.39. The van der Waals surface area contributed by atoms with Crippen molar-refractivity contribution in [1.29, 1.82) is 0 Å². The molecule has 5 nitrogen and oxygen atoms in total. The molecule has 0 radical (unpaired) electrons. The summed E-state index contributed by atoms with van der Waals surface area (Å²) in [6.45, 7) is 5.83. The van der Waals surface area contributed by atoms with Gasteiger partial charge in [-0.3, -0.25) is 4.79 Å². The van der Waals surface area contributed by atoms with Gasteiger partial charge in [0.1, 0.15) is 5.60 Å². The predicted molar refractivity (Wildman–Crippen MR) is 64.5 cm³/mol. The molecule has 2 saturated heterocycles. The molecule has 0 aromatic rings. The van der Waals surface area contributed by atoms with E-state index in [1.807, 2.05) is 20.8 Å². The molecule has 2 fully saturated rings. The second-order valence-corrected chi connectivity index (χ2v) is 5.82. The third kappa shape index (κ3) is 3.44. The lowest BCUT2D eigenvalue weighted by Gasteiger charge is -2.31. The lowest BCUT2D eigenvalue weighted by molar-refractivity contribution is -0.156. The van der Waals surface area contributed by atoms with E-state index in [0.29, 0.717) is 13.0 Å². The Bertz CT molecular complexity index is 296. The molecule has 2 aliphatic rings. The fraction of sp³-hybridized carbons (Fsp3) is 0.909. The van der Waals surface area contributed by atoms with Crippen molar-refractivity contribution in [2.75, 3.05) is 13.2 Å². The Hall–Kier alpha value is -0.585. The van der Waals surface area contributed by atoms with Crippen LogP contribution in [0.3, 0.4) is 0 Å². The van der Waals surface area contributed by atoms with Crippen molar-refractivity contribution in [3.63, 3.8) is 0 Å². The van der Waals surface area contributed by atoms with Crippen LogP contribution in [0, 0.1) is 0 Å². The van der Waals surface area contributed by atoms with Crippen LogP contribution in [-0.2, 0) is 18.8 Å². The minimum absolute atomic E-state index is 0.0737. The number of nitrogens with one attached hydrogen (secondary N) is 1. The standard InChI is InChI=1S/C11H21BNO4/c1-11(2,3)16-10(14)8-9-4-5-12(17-9)13-6-7-15-12/h9,13H,4-8H2,1-3H3/q-1. The van der Waals surface area contributed by atoms with Crippen LogP contribution in [0.1, 0.15) is 33.6 Å². The molecule has 2 rings (SSSR count). The summed E-state index contributed by atoms with van der Waals surface area (Å²) < 4.78 is 16.7. The zero-order chi connectivity index (χ0) is 12.5. The van der Waals surface area contributed by atoms with E-state index in [4.69, 9.17) is 14.0 Å². The van der Waals surface area contributed by atoms with Gasteiger partial charge >= 0.3 is 12.7 Å². The van der Waals surface area contributed by atoms with Crippen LogP contribution >= 0.6 is 0 Å².